The van der Waals surface area contributed by atoms with Crippen molar-refractivity contribution in [2.75, 3.05) is 0 Å². The van der Waals surface area contributed by atoms with E-state index < -0.39 is 0 Å². The van der Waals surface area contributed by atoms with Crippen molar-refractivity contribution < 1.29 is 0 Å². The Morgan fingerprint density at radius 1 is 1.12 bits per heavy atom. The average Bonchev–Trinajstić information content (AvgIpc) is 2.25. The van der Waals surface area contributed by atoms with Crippen LogP contribution in [-0.4, -0.2) is 11.8 Å². The highest BCUT2D eigenvalue weighted by atomic mass is 14.9. The lowest BCUT2D eigenvalue weighted by Gasteiger charge is -2.29. The van der Waals surface area contributed by atoms with E-state index in [0.717, 1.165) is 19.3 Å². The van der Waals surface area contributed by atoms with Crippen LogP contribution < -0.4 is 0 Å². The van der Waals surface area contributed by atoms with E-state index in [-0.39, 0.29) is 35.2 Å². The van der Waals surface area contributed by atoms with Gasteiger partial charge in [0.2, 0.25) is 0 Å². The van der Waals surface area contributed by atoms with E-state index in [0.29, 0.717) is 0 Å². The second-order valence-electron chi connectivity index (χ2n) is 3.76. The van der Waals surface area contributed by atoms with Crippen LogP contribution in [0.5, 0.6) is 0 Å². The molecule has 1 nitrogen and oxygen atoms in total. The fourth-order valence-electron chi connectivity index (χ4n) is 1.96. The normalized spacial score (nSPS) is 25.4. The minimum absolute atomic E-state index is 0. The van der Waals surface area contributed by atoms with Gasteiger partial charge >= 0.3 is 0 Å². The first-order chi connectivity index (χ1) is 5.81. The Hall–Kier alpha value is -0.850. The maximum atomic E-state index is 4.60. The summed E-state index contributed by atoms with van der Waals surface area (Å²) in [5.74, 6) is 0. The zero-order valence-corrected chi connectivity index (χ0v) is 7.59. The first-order valence-corrected chi connectivity index (χ1v) is 4.69. The number of fused-ring (bicyclic) bond motifs is 1. The van der Waals surface area contributed by atoms with Gasteiger partial charge in [-0.05, 0) is 38.2 Å². The lowest BCUT2D eigenvalue weighted by molar-refractivity contribution is 0.529. The fraction of sp³-hybridized carbons (Fsp3) is 0.667. The van der Waals surface area contributed by atoms with Gasteiger partial charge in [-0.1, -0.05) is 47.9 Å². The summed E-state index contributed by atoms with van der Waals surface area (Å²) in [6.07, 6.45) is 13.4. The van der Waals surface area contributed by atoms with Gasteiger partial charge < -0.3 is 0 Å². The molecule has 0 aromatic rings. The summed E-state index contributed by atoms with van der Waals surface area (Å²) in [4.78, 5) is 4.60. The van der Waals surface area contributed by atoms with Gasteiger partial charge in [0.1, 0.15) is 0 Å². The molecule has 1 atom stereocenters. The van der Waals surface area contributed by atoms with Crippen LogP contribution in [0.1, 0.15) is 62.3 Å². The zero-order chi connectivity index (χ0) is 8.44. The first-order valence-electron chi connectivity index (χ1n) is 4.69. The summed E-state index contributed by atoms with van der Waals surface area (Å²) < 4.78 is 0. The molecule has 0 bridgehead atoms. The zero-order valence-electron chi connectivity index (χ0n) is 7.59. The SMILES string of the molecule is C.C.C.C.CC12CC=CCC=C1CCC=N2. The molecule has 16 heavy (non-hydrogen) atoms. The summed E-state index contributed by atoms with van der Waals surface area (Å²) in [6, 6.07) is 0. The first kappa shape index (κ1) is 20.5. The number of rotatable bonds is 0. The topological polar surface area (TPSA) is 12.4 Å². The van der Waals surface area contributed by atoms with Crippen molar-refractivity contribution in [2.45, 2.75) is 67.9 Å². The largest absolute Gasteiger partial charge is 0.286 e. The number of nitrogens with zero attached hydrogens (tertiary/aromatic N) is 1. The average molecular weight is 225 g/mol. The minimum atomic E-state index is 0. The lowest BCUT2D eigenvalue weighted by Crippen LogP contribution is -2.26. The Labute approximate surface area is 103 Å². The molecule has 1 heterocycles. The number of hydrogen-bond donors (Lipinski definition) is 0. The van der Waals surface area contributed by atoms with Gasteiger partial charge in [-0.25, -0.2) is 0 Å². The minimum Gasteiger partial charge on any atom is -0.286 e. The van der Waals surface area contributed by atoms with Crippen molar-refractivity contribution in [3.05, 3.63) is 23.8 Å². The molecular weight excluding hydrogens is 194 g/mol. The Morgan fingerprint density at radius 2 is 1.81 bits per heavy atom. The predicted molar refractivity (Wildman–Crippen MR) is 79.5 cm³/mol. The molecule has 0 aromatic heterocycles. The van der Waals surface area contributed by atoms with Crippen molar-refractivity contribution >= 4 is 6.21 Å². The molecule has 1 heteroatoms. The van der Waals surface area contributed by atoms with Crippen LogP contribution >= 0.6 is 0 Å². The van der Waals surface area contributed by atoms with E-state index in [2.05, 4.69) is 36.4 Å². The highest BCUT2D eigenvalue weighted by molar-refractivity contribution is 5.62. The van der Waals surface area contributed by atoms with Crippen LogP contribution in [0.3, 0.4) is 0 Å². The van der Waals surface area contributed by atoms with Gasteiger partial charge in [0.25, 0.3) is 0 Å². The second kappa shape index (κ2) is 8.32. The molecule has 0 spiro atoms. The van der Waals surface area contributed by atoms with Crippen LogP contribution in [0.4, 0.5) is 0 Å². The Balaban J connectivity index is -0.000000422. The van der Waals surface area contributed by atoms with Gasteiger partial charge in [-0.15, -0.1) is 0 Å². The van der Waals surface area contributed by atoms with E-state index in [1.807, 2.05) is 0 Å². The molecule has 96 valence electrons. The van der Waals surface area contributed by atoms with Gasteiger partial charge in [0.15, 0.2) is 0 Å². The van der Waals surface area contributed by atoms with Gasteiger partial charge in [0, 0.05) is 6.21 Å². The second-order valence-corrected chi connectivity index (χ2v) is 3.76. The molecule has 2 rings (SSSR count). The van der Waals surface area contributed by atoms with Crippen LogP contribution in [0.15, 0.2) is 28.8 Å². The predicted octanol–water partition coefficient (Wildman–Crippen LogP) is 5.43. The van der Waals surface area contributed by atoms with Crippen molar-refractivity contribution in [2.24, 2.45) is 4.99 Å². The summed E-state index contributed by atoms with van der Waals surface area (Å²) in [7, 11) is 0. The highest BCUT2D eigenvalue weighted by Crippen LogP contribution is 2.33. The Morgan fingerprint density at radius 3 is 2.50 bits per heavy atom. The van der Waals surface area contributed by atoms with Crippen molar-refractivity contribution in [1.29, 1.82) is 0 Å². The Bertz CT molecular complexity index is 261. The lowest BCUT2D eigenvalue weighted by atomic mass is 9.84. The van der Waals surface area contributed by atoms with Crippen LogP contribution in [0, 0.1) is 0 Å². The van der Waals surface area contributed by atoms with Gasteiger partial charge in [-0.3, -0.25) is 4.99 Å². The highest BCUT2D eigenvalue weighted by Gasteiger charge is 2.28. The summed E-state index contributed by atoms with van der Waals surface area (Å²) in [6.45, 7) is 2.24. The molecule has 0 radical (unpaired) electrons. The number of hydrogen-bond acceptors (Lipinski definition) is 1. The van der Waals surface area contributed by atoms with Gasteiger partial charge in [0.05, 0.1) is 5.54 Å². The molecule has 1 aliphatic heterocycles. The molecule has 0 fully saturated rings. The van der Waals surface area contributed by atoms with E-state index in [9.17, 15) is 0 Å². The third-order valence-electron chi connectivity index (χ3n) is 2.79. The number of allylic oxidation sites excluding steroid dienone is 2. The number of aliphatic imine (C=N–C) groups is 1. The molecule has 0 aromatic carbocycles. The maximum absolute atomic E-state index is 4.60. The molecule has 0 saturated carbocycles. The third kappa shape index (κ3) is 3.96. The van der Waals surface area contributed by atoms with Crippen LogP contribution in [0.2, 0.25) is 0 Å². The van der Waals surface area contributed by atoms with Crippen molar-refractivity contribution in [3.8, 4) is 0 Å². The molecule has 0 N–H and O–H groups in total. The molecular formula is C15H31N. The van der Waals surface area contributed by atoms with Crippen molar-refractivity contribution in [1.82, 2.24) is 0 Å². The standard InChI is InChI=1S/C11H15N.4CH4/c1-11-8-4-2-3-6-10(11)7-5-9-12-11;;;;/h2,4,6,9H,3,5,7-8H2,1H3;4*1H4. The van der Waals surface area contributed by atoms with E-state index in [4.69, 9.17) is 0 Å². The summed E-state index contributed by atoms with van der Waals surface area (Å²) in [5, 5.41) is 0. The quantitative estimate of drug-likeness (QED) is 0.487. The van der Waals surface area contributed by atoms with Crippen LogP contribution in [-0.2, 0) is 0 Å². The van der Waals surface area contributed by atoms with E-state index >= 15 is 0 Å². The monoisotopic (exact) mass is 225 g/mol. The van der Waals surface area contributed by atoms with Gasteiger partial charge in [-0.2, -0.15) is 0 Å². The summed E-state index contributed by atoms with van der Waals surface area (Å²) in [5.41, 5.74) is 1.64. The fourth-order valence-corrected chi connectivity index (χ4v) is 1.96. The molecule has 0 saturated heterocycles. The maximum Gasteiger partial charge on any atom is 0.0819 e. The summed E-state index contributed by atoms with van der Waals surface area (Å²) >= 11 is 0. The van der Waals surface area contributed by atoms with Crippen LogP contribution in [0.25, 0.3) is 0 Å². The molecule has 2 aliphatic rings. The van der Waals surface area contributed by atoms with E-state index in [1.54, 1.807) is 0 Å². The van der Waals surface area contributed by atoms with Crippen molar-refractivity contribution in [3.63, 3.8) is 0 Å². The molecule has 0 amide bonds. The third-order valence-corrected chi connectivity index (χ3v) is 2.79. The smallest absolute Gasteiger partial charge is 0.0819 e. The molecule has 1 unspecified atom stereocenters. The van der Waals surface area contributed by atoms with E-state index in [1.165, 1.54) is 12.0 Å². The molecule has 1 aliphatic carbocycles. The Kier molecular flexibility index (Phi) is 10.7.